The van der Waals surface area contributed by atoms with Gasteiger partial charge in [0.25, 0.3) is 5.56 Å². The van der Waals surface area contributed by atoms with Crippen molar-refractivity contribution in [1.82, 2.24) is 9.97 Å². The number of carbonyl (C=O) groups excluding carboxylic acids is 1. The lowest BCUT2D eigenvalue weighted by Crippen LogP contribution is -2.16. The maximum atomic E-state index is 12.1. The summed E-state index contributed by atoms with van der Waals surface area (Å²) in [6.07, 6.45) is 0.855. The van der Waals surface area contributed by atoms with Crippen LogP contribution in [0, 0.1) is 0 Å². The van der Waals surface area contributed by atoms with Crippen molar-refractivity contribution in [3.05, 3.63) is 51.6 Å². The Labute approximate surface area is 141 Å². The second kappa shape index (κ2) is 6.97. The fourth-order valence-corrected chi connectivity index (χ4v) is 3.67. The fourth-order valence-electron chi connectivity index (χ4n) is 2.18. The molecule has 0 aliphatic carbocycles. The van der Waals surface area contributed by atoms with Crippen LogP contribution < -0.4 is 10.9 Å². The maximum Gasteiger partial charge on any atom is 0.260 e. The maximum absolute atomic E-state index is 12.1. The number of nitrogens with one attached hydrogen (secondary N) is 2. The van der Waals surface area contributed by atoms with E-state index in [0.29, 0.717) is 15.4 Å². The van der Waals surface area contributed by atoms with Crippen LogP contribution in [-0.2, 0) is 11.2 Å². The van der Waals surface area contributed by atoms with E-state index in [0.717, 1.165) is 17.7 Å². The number of anilines is 1. The summed E-state index contributed by atoms with van der Waals surface area (Å²) >= 11 is 2.63. The number of fused-ring (bicyclic) bond motifs is 1. The number of amides is 1. The number of nitrogens with zero attached hydrogens (tertiary/aromatic N) is 1. The van der Waals surface area contributed by atoms with Gasteiger partial charge in [0.05, 0.1) is 11.1 Å². The predicted octanol–water partition coefficient (Wildman–Crippen LogP) is 3.28. The Kier molecular flexibility index (Phi) is 4.78. The summed E-state index contributed by atoms with van der Waals surface area (Å²) in [5.41, 5.74) is 1.75. The lowest BCUT2D eigenvalue weighted by atomic mass is 10.1. The summed E-state index contributed by atoms with van der Waals surface area (Å²) in [5.74, 6) is 0.0718. The SMILES string of the molecule is CCc1ccccc1NC(=O)CSc1nc2sccc2c(=O)[nH]1. The number of aryl methyl sites for hydroxylation is 1. The van der Waals surface area contributed by atoms with Gasteiger partial charge in [-0.2, -0.15) is 0 Å². The molecule has 2 heterocycles. The highest BCUT2D eigenvalue weighted by molar-refractivity contribution is 7.99. The molecule has 118 valence electrons. The molecule has 0 unspecified atom stereocenters. The molecule has 5 nitrogen and oxygen atoms in total. The quantitative estimate of drug-likeness (QED) is 0.550. The number of hydrogen-bond donors (Lipinski definition) is 2. The minimum Gasteiger partial charge on any atom is -0.325 e. The van der Waals surface area contributed by atoms with Gasteiger partial charge in [0, 0.05) is 5.69 Å². The Morgan fingerprint density at radius 2 is 2.17 bits per heavy atom. The van der Waals surface area contributed by atoms with E-state index in [2.05, 4.69) is 15.3 Å². The number of aromatic nitrogens is 2. The number of thioether (sulfide) groups is 1. The first kappa shape index (κ1) is 15.8. The van der Waals surface area contributed by atoms with Crippen LogP contribution >= 0.6 is 23.1 Å². The van der Waals surface area contributed by atoms with Gasteiger partial charge in [-0.05, 0) is 29.5 Å². The predicted molar refractivity (Wildman–Crippen MR) is 95.4 cm³/mol. The van der Waals surface area contributed by atoms with Crippen LogP contribution in [0.5, 0.6) is 0 Å². The van der Waals surface area contributed by atoms with E-state index in [1.165, 1.54) is 23.1 Å². The largest absolute Gasteiger partial charge is 0.325 e. The van der Waals surface area contributed by atoms with Gasteiger partial charge in [0.2, 0.25) is 5.91 Å². The number of carbonyl (C=O) groups is 1. The van der Waals surface area contributed by atoms with E-state index in [-0.39, 0.29) is 17.2 Å². The first-order chi connectivity index (χ1) is 11.2. The van der Waals surface area contributed by atoms with Crippen molar-refractivity contribution in [3.63, 3.8) is 0 Å². The van der Waals surface area contributed by atoms with Crippen molar-refractivity contribution < 1.29 is 4.79 Å². The molecular weight excluding hydrogens is 330 g/mol. The zero-order valence-electron chi connectivity index (χ0n) is 12.5. The summed E-state index contributed by atoms with van der Waals surface area (Å²) < 4.78 is 0. The monoisotopic (exact) mass is 345 g/mol. The molecule has 0 spiro atoms. The molecule has 3 aromatic rings. The highest BCUT2D eigenvalue weighted by atomic mass is 32.2. The number of H-pyrrole nitrogens is 1. The minimum absolute atomic E-state index is 0.121. The Morgan fingerprint density at radius 3 is 3.00 bits per heavy atom. The molecule has 0 aliphatic heterocycles. The molecule has 1 aromatic carbocycles. The van der Waals surface area contributed by atoms with Crippen molar-refractivity contribution in [2.75, 3.05) is 11.1 Å². The summed E-state index contributed by atoms with van der Waals surface area (Å²) in [4.78, 5) is 31.7. The first-order valence-electron chi connectivity index (χ1n) is 7.15. The normalized spacial score (nSPS) is 10.8. The number of thiophene rings is 1. The Morgan fingerprint density at radius 1 is 1.35 bits per heavy atom. The standard InChI is InChI=1S/C16H15N3O2S2/c1-2-10-5-3-4-6-12(10)17-13(20)9-23-16-18-14(21)11-7-8-22-15(11)19-16/h3-8H,2,9H2,1H3,(H,17,20)(H,18,19,21). The second-order valence-corrected chi connectivity index (χ2v) is 6.72. The topological polar surface area (TPSA) is 74.8 Å². The van der Waals surface area contributed by atoms with Crippen LogP contribution in [-0.4, -0.2) is 21.6 Å². The van der Waals surface area contributed by atoms with Gasteiger partial charge in [-0.25, -0.2) is 4.98 Å². The highest BCUT2D eigenvalue weighted by Crippen LogP contribution is 2.20. The lowest BCUT2D eigenvalue weighted by Gasteiger charge is -2.09. The average molecular weight is 345 g/mol. The van der Waals surface area contributed by atoms with Crippen molar-refractivity contribution in [2.24, 2.45) is 0 Å². The molecule has 0 radical (unpaired) electrons. The Bertz CT molecular complexity index is 901. The van der Waals surface area contributed by atoms with Crippen molar-refractivity contribution in [3.8, 4) is 0 Å². The van der Waals surface area contributed by atoms with Crippen LogP contribution in [0.1, 0.15) is 12.5 Å². The molecule has 2 aromatic heterocycles. The van der Waals surface area contributed by atoms with E-state index < -0.39 is 0 Å². The molecule has 0 saturated carbocycles. The molecule has 0 aliphatic rings. The third kappa shape index (κ3) is 3.62. The van der Waals surface area contributed by atoms with Gasteiger partial charge >= 0.3 is 0 Å². The average Bonchev–Trinajstić information content (AvgIpc) is 3.02. The molecule has 3 rings (SSSR count). The molecule has 0 saturated heterocycles. The van der Waals surface area contributed by atoms with Crippen LogP contribution in [0.15, 0.2) is 45.7 Å². The zero-order chi connectivity index (χ0) is 16.2. The van der Waals surface area contributed by atoms with Crippen LogP contribution in [0.25, 0.3) is 10.2 Å². The second-order valence-electron chi connectivity index (χ2n) is 4.86. The van der Waals surface area contributed by atoms with Crippen LogP contribution in [0.2, 0.25) is 0 Å². The smallest absolute Gasteiger partial charge is 0.260 e. The number of para-hydroxylation sites is 1. The minimum atomic E-state index is -0.171. The summed E-state index contributed by atoms with van der Waals surface area (Å²) in [5, 5.41) is 5.78. The van der Waals surface area contributed by atoms with E-state index in [1.807, 2.05) is 36.6 Å². The zero-order valence-corrected chi connectivity index (χ0v) is 14.1. The lowest BCUT2D eigenvalue weighted by molar-refractivity contribution is -0.113. The Balaban J connectivity index is 1.67. The summed E-state index contributed by atoms with van der Waals surface area (Å²) in [6.45, 7) is 2.05. The van der Waals surface area contributed by atoms with Crippen LogP contribution in [0.3, 0.4) is 0 Å². The van der Waals surface area contributed by atoms with Gasteiger partial charge in [-0.15, -0.1) is 11.3 Å². The number of rotatable bonds is 5. The van der Waals surface area contributed by atoms with Gasteiger partial charge < -0.3 is 10.3 Å². The molecule has 0 bridgehead atoms. The Hall–Kier alpha value is -2.12. The van der Waals surface area contributed by atoms with E-state index in [4.69, 9.17) is 0 Å². The molecule has 23 heavy (non-hydrogen) atoms. The fraction of sp³-hybridized carbons (Fsp3) is 0.188. The number of benzene rings is 1. The van der Waals surface area contributed by atoms with Crippen molar-refractivity contribution >= 4 is 44.9 Å². The first-order valence-corrected chi connectivity index (χ1v) is 9.02. The van der Waals surface area contributed by atoms with E-state index >= 15 is 0 Å². The van der Waals surface area contributed by atoms with Crippen molar-refractivity contribution in [2.45, 2.75) is 18.5 Å². The molecular formula is C16H15N3O2S2. The molecule has 2 N–H and O–H groups in total. The van der Waals surface area contributed by atoms with Gasteiger partial charge in [-0.3, -0.25) is 9.59 Å². The van der Waals surface area contributed by atoms with Gasteiger partial charge in [0.15, 0.2) is 5.16 Å². The molecule has 0 atom stereocenters. The summed E-state index contributed by atoms with van der Waals surface area (Å²) in [7, 11) is 0. The van der Waals surface area contributed by atoms with Gasteiger partial charge in [0.1, 0.15) is 4.83 Å². The third-order valence-electron chi connectivity index (χ3n) is 3.33. The third-order valence-corrected chi connectivity index (χ3v) is 5.01. The van der Waals surface area contributed by atoms with E-state index in [1.54, 1.807) is 6.07 Å². The van der Waals surface area contributed by atoms with Gasteiger partial charge in [-0.1, -0.05) is 36.9 Å². The highest BCUT2D eigenvalue weighted by Gasteiger charge is 2.09. The number of aromatic amines is 1. The molecule has 0 fully saturated rings. The van der Waals surface area contributed by atoms with E-state index in [9.17, 15) is 9.59 Å². The number of hydrogen-bond acceptors (Lipinski definition) is 5. The molecule has 7 heteroatoms. The summed E-state index contributed by atoms with van der Waals surface area (Å²) in [6, 6.07) is 9.47. The molecule has 1 amide bonds. The van der Waals surface area contributed by atoms with Crippen molar-refractivity contribution in [1.29, 1.82) is 0 Å². The van der Waals surface area contributed by atoms with Crippen LogP contribution in [0.4, 0.5) is 5.69 Å².